The monoisotopic (exact) mass is 497 g/mol. The lowest BCUT2D eigenvalue weighted by Gasteiger charge is -2.31. The number of nitrogens with zero attached hydrogens (tertiary/aromatic N) is 1. The van der Waals surface area contributed by atoms with Gasteiger partial charge in [0.15, 0.2) is 5.75 Å². The van der Waals surface area contributed by atoms with Crippen LogP contribution in [-0.2, 0) is 16.1 Å². The number of piperidine rings is 1. The summed E-state index contributed by atoms with van der Waals surface area (Å²) in [6.07, 6.45) is -3.52. The van der Waals surface area contributed by atoms with Crippen LogP contribution in [-0.4, -0.2) is 53.5 Å². The quantitative estimate of drug-likeness (QED) is 0.481. The van der Waals surface area contributed by atoms with Gasteiger partial charge in [0.25, 0.3) is 5.91 Å². The van der Waals surface area contributed by atoms with Crippen molar-refractivity contribution in [3.63, 3.8) is 0 Å². The number of nitrogens with one attached hydrogen (secondary N) is 2. The van der Waals surface area contributed by atoms with Crippen LogP contribution in [0.25, 0.3) is 0 Å². The number of carbonyl (C=O) groups is 2. The number of hydrogen-bond donors (Lipinski definition) is 4. The largest absolute Gasteiger partial charge is 0.490 e. The molecule has 2 aliphatic heterocycles. The molecule has 1 saturated heterocycles. The van der Waals surface area contributed by atoms with E-state index >= 15 is 0 Å². The molecular formula is C23H23F4N3O5. The van der Waals surface area contributed by atoms with E-state index in [0.717, 1.165) is 12.2 Å². The molecule has 2 aromatic rings. The summed E-state index contributed by atoms with van der Waals surface area (Å²) in [7, 11) is 0. The van der Waals surface area contributed by atoms with Gasteiger partial charge in [-0.3, -0.25) is 4.79 Å². The molecule has 4 N–H and O–H groups in total. The molecule has 0 radical (unpaired) electrons. The van der Waals surface area contributed by atoms with Crippen molar-refractivity contribution < 1.29 is 42.1 Å². The van der Waals surface area contributed by atoms with Crippen LogP contribution in [0.4, 0.5) is 23.2 Å². The zero-order valence-electron chi connectivity index (χ0n) is 18.3. The minimum atomic E-state index is -5.08. The highest BCUT2D eigenvalue weighted by molar-refractivity contribution is 5.93. The van der Waals surface area contributed by atoms with Crippen LogP contribution in [0, 0.1) is 5.82 Å². The second-order valence-electron chi connectivity index (χ2n) is 7.73. The second-order valence-corrected chi connectivity index (χ2v) is 7.73. The lowest BCUT2D eigenvalue weighted by molar-refractivity contribution is -0.192. The number of amides is 1. The average molecular weight is 497 g/mol. The van der Waals surface area contributed by atoms with Crippen molar-refractivity contribution in [3.05, 3.63) is 71.9 Å². The van der Waals surface area contributed by atoms with Crippen molar-refractivity contribution >= 4 is 17.6 Å². The van der Waals surface area contributed by atoms with E-state index in [9.17, 15) is 27.5 Å². The number of carboxylic acid groups (broad SMARTS) is 1. The number of fused-ring (bicyclic) bond motifs is 1. The zero-order chi connectivity index (χ0) is 25.6. The first-order valence-electron chi connectivity index (χ1n) is 10.5. The third-order valence-corrected chi connectivity index (χ3v) is 5.20. The van der Waals surface area contributed by atoms with E-state index in [2.05, 4.69) is 10.6 Å². The topological polar surface area (TPSA) is 111 Å². The lowest BCUT2D eigenvalue weighted by Crippen LogP contribution is -2.53. The maximum atomic E-state index is 14.1. The Hall–Kier alpha value is -3.64. The smallest absolute Gasteiger partial charge is 0.475 e. The molecule has 0 aromatic heterocycles. The fourth-order valence-electron chi connectivity index (χ4n) is 3.43. The van der Waals surface area contributed by atoms with Crippen molar-refractivity contribution in [3.8, 4) is 5.75 Å². The third kappa shape index (κ3) is 6.93. The molecule has 0 aliphatic carbocycles. The number of carboxylic acids is 1. The number of β-amino-alcohol motifs (C(OH)–C–C–N with tert-alkyl or cyclic N) is 1. The van der Waals surface area contributed by atoms with E-state index in [0.29, 0.717) is 24.3 Å². The first-order chi connectivity index (χ1) is 16.6. The average Bonchev–Trinajstić information content (AvgIpc) is 2.81. The molecule has 2 unspecified atom stereocenters. The van der Waals surface area contributed by atoms with E-state index in [-0.39, 0.29) is 24.2 Å². The standard InChI is InChI=1S/C21H22FN3O3.C2HF3O2/c22-15-6-2-1-5-14(15)12-25-13-20(28-19-8-4-3-7-17(19)25)21(27)24-16-9-10-23-11-18(16)26;3-2(4,5)1(6)7/h1-8,13,16,18,23,26H,9-12H2,(H,24,27);(H,6,7). The summed E-state index contributed by atoms with van der Waals surface area (Å²) in [6, 6.07) is 13.5. The van der Waals surface area contributed by atoms with E-state index in [4.69, 9.17) is 14.6 Å². The summed E-state index contributed by atoms with van der Waals surface area (Å²) in [4.78, 5) is 23.4. The Morgan fingerprint density at radius 1 is 1.14 bits per heavy atom. The van der Waals surface area contributed by atoms with Crippen molar-refractivity contribution in [2.45, 2.75) is 31.3 Å². The third-order valence-electron chi connectivity index (χ3n) is 5.20. The number of benzene rings is 2. The summed E-state index contributed by atoms with van der Waals surface area (Å²) in [6.45, 7) is 1.43. The number of halogens is 4. The highest BCUT2D eigenvalue weighted by Crippen LogP contribution is 2.35. The summed E-state index contributed by atoms with van der Waals surface area (Å²) >= 11 is 0. The first kappa shape index (κ1) is 26.0. The van der Waals surface area contributed by atoms with Gasteiger partial charge in [0.2, 0.25) is 5.76 Å². The number of ether oxygens (including phenoxy) is 1. The Labute approximate surface area is 197 Å². The van der Waals surface area contributed by atoms with Crippen LogP contribution in [0.15, 0.2) is 60.5 Å². The van der Waals surface area contributed by atoms with Gasteiger partial charge in [0, 0.05) is 12.1 Å². The first-order valence-corrected chi connectivity index (χ1v) is 10.5. The maximum absolute atomic E-state index is 14.1. The van der Waals surface area contributed by atoms with Crippen molar-refractivity contribution in [1.82, 2.24) is 10.6 Å². The van der Waals surface area contributed by atoms with E-state index < -0.39 is 24.2 Å². The van der Waals surface area contributed by atoms with E-state index in [1.807, 2.05) is 18.2 Å². The van der Waals surface area contributed by atoms with Gasteiger partial charge in [-0.2, -0.15) is 13.2 Å². The van der Waals surface area contributed by atoms with Gasteiger partial charge in [-0.15, -0.1) is 0 Å². The summed E-state index contributed by atoms with van der Waals surface area (Å²) in [5.74, 6) is -2.83. The number of aliphatic carboxylic acids is 1. The van der Waals surface area contributed by atoms with Gasteiger partial charge < -0.3 is 30.5 Å². The van der Waals surface area contributed by atoms with Crippen molar-refractivity contribution in [2.24, 2.45) is 0 Å². The molecule has 0 bridgehead atoms. The molecule has 0 spiro atoms. The minimum absolute atomic E-state index is 0.112. The highest BCUT2D eigenvalue weighted by atomic mass is 19.4. The molecule has 8 nitrogen and oxygen atoms in total. The second kappa shape index (κ2) is 11.2. The molecule has 4 rings (SSSR count). The summed E-state index contributed by atoms with van der Waals surface area (Å²) in [5.41, 5.74) is 1.27. The fourth-order valence-corrected chi connectivity index (χ4v) is 3.43. The van der Waals surface area contributed by atoms with Crippen molar-refractivity contribution in [2.75, 3.05) is 18.0 Å². The number of hydrogen-bond acceptors (Lipinski definition) is 6. The van der Waals surface area contributed by atoms with Crippen LogP contribution in [0.5, 0.6) is 5.75 Å². The van der Waals surface area contributed by atoms with Gasteiger partial charge in [-0.1, -0.05) is 30.3 Å². The predicted octanol–water partition coefficient (Wildman–Crippen LogP) is 2.54. The van der Waals surface area contributed by atoms with Gasteiger partial charge in [-0.25, -0.2) is 9.18 Å². The molecule has 2 aliphatic rings. The van der Waals surface area contributed by atoms with Crippen LogP contribution >= 0.6 is 0 Å². The number of anilines is 1. The Balaban J connectivity index is 0.000000429. The molecule has 2 atom stereocenters. The highest BCUT2D eigenvalue weighted by Gasteiger charge is 2.38. The normalized spacial score (nSPS) is 19.3. The van der Waals surface area contributed by atoms with Gasteiger partial charge in [0.1, 0.15) is 5.82 Å². The molecule has 2 aromatic carbocycles. The molecular weight excluding hydrogens is 474 g/mol. The van der Waals surface area contributed by atoms with Crippen LogP contribution in [0.1, 0.15) is 12.0 Å². The Morgan fingerprint density at radius 2 is 1.80 bits per heavy atom. The fraction of sp³-hybridized carbons (Fsp3) is 0.304. The van der Waals surface area contributed by atoms with Gasteiger partial charge in [0.05, 0.1) is 30.6 Å². The minimum Gasteiger partial charge on any atom is -0.475 e. The summed E-state index contributed by atoms with van der Waals surface area (Å²) < 4.78 is 51.7. The molecule has 188 valence electrons. The number of aliphatic hydroxyl groups excluding tert-OH is 1. The Morgan fingerprint density at radius 3 is 2.46 bits per heavy atom. The van der Waals surface area contributed by atoms with Gasteiger partial charge >= 0.3 is 12.1 Å². The predicted molar refractivity (Wildman–Crippen MR) is 117 cm³/mol. The van der Waals surface area contributed by atoms with E-state index in [1.54, 1.807) is 35.4 Å². The number of carbonyl (C=O) groups excluding carboxylic acids is 1. The van der Waals surface area contributed by atoms with Gasteiger partial charge in [-0.05, 0) is 31.2 Å². The molecule has 2 heterocycles. The number of alkyl halides is 3. The SMILES string of the molecule is O=C(NC1CCNCC1O)C1=CN(Cc2ccccc2F)c2ccccc2O1.O=C(O)C(F)(F)F. The molecule has 0 saturated carbocycles. The number of para-hydroxylation sites is 2. The molecule has 12 heteroatoms. The summed E-state index contributed by atoms with van der Waals surface area (Å²) in [5, 5.41) is 23.1. The van der Waals surface area contributed by atoms with Crippen LogP contribution in [0.3, 0.4) is 0 Å². The number of rotatable bonds is 4. The molecule has 1 amide bonds. The molecule has 35 heavy (non-hydrogen) atoms. The van der Waals surface area contributed by atoms with Crippen LogP contribution < -0.4 is 20.3 Å². The lowest BCUT2D eigenvalue weighted by atomic mass is 10.0. The number of aliphatic hydroxyl groups is 1. The Kier molecular flexibility index (Phi) is 8.30. The van der Waals surface area contributed by atoms with Crippen molar-refractivity contribution in [1.29, 1.82) is 0 Å². The zero-order valence-corrected chi connectivity index (χ0v) is 18.3. The van der Waals surface area contributed by atoms with Crippen LogP contribution in [0.2, 0.25) is 0 Å². The van der Waals surface area contributed by atoms with E-state index in [1.165, 1.54) is 6.07 Å². The molecule has 1 fully saturated rings. The maximum Gasteiger partial charge on any atom is 0.490 e. The Bertz CT molecular complexity index is 1090.